The summed E-state index contributed by atoms with van der Waals surface area (Å²) in [6.07, 6.45) is 3.38. The molecule has 0 aromatic rings. The number of fused-ring (bicyclic) bond motifs is 3. The van der Waals surface area contributed by atoms with Gasteiger partial charge >= 0.3 is 11.9 Å². The van der Waals surface area contributed by atoms with E-state index >= 15 is 0 Å². The molecule has 1 saturated heterocycles. The fraction of sp³-hybridized carbons (Fsp3) is 0.867. The predicted octanol–water partition coefficient (Wildman–Crippen LogP) is 2.16. The molecule has 3 rings (SSSR count). The Labute approximate surface area is 113 Å². The standard InChI is InChI=1S/C15H22O4/c1-8-4-9-5-10(14(17)18-3)6-11(9)15(2)7-12(16)19-13(8)15/h8-11,13H,4-7H2,1-3H3/t8-,9+,10-,11+,13+,15-/m1/s1. The van der Waals surface area contributed by atoms with Gasteiger partial charge in [-0.1, -0.05) is 13.8 Å². The molecule has 3 aliphatic rings. The molecule has 0 N–H and O–H groups in total. The first-order valence-electron chi connectivity index (χ1n) is 7.23. The maximum absolute atomic E-state index is 11.8. The van der Waals surface area contributed by atoms with Crippen LogP contribution in [0, 0.1) is 29.1 Å². The minimum atomic E-state index is -0.0903. The summed E-state index contributed by atoms with van der Waals surface area (Å²) >= 11 is 0. The topological polar surface area (TPSA) is 52.6 Å². The van der Waals surface area contributed by atoms with E-state index in [0.29, 0.717) is 24.2 Å². The molecule has 2 saturated carbocycles. The molecular weight excluding hydrogens is 244 g/mol. The lowest BCUT2D eigenvalue weighted by atomic mass is 9.59. The second kappa shape index (κ2) is 4.22. The number of hydrogen-bond acceptors (Lipinski definition) is 4. The molecule has 0 radical (unpaired) electrons. The van der Waals surface area contributed by atoms with Gasteiger partial charge in [-0.3, -0.25) is 9.59 Å². The Hall–Kier alpha value is -1.06. The Kier molecular flexibility index (Phi) is 2.88. The van der Waals surface area contributed by atoms with Crippen LogP contribution in [-0.4, -0.2) is 25.2 Å². The molecule has 19 heavy (non-hydrogen) atoms. The fourth-order valence-corrected chi connectivity index (χ4v) is 4.99. The first-order chi connectivity index (χ1) is 8.95. The fourth-order valence-electron chi connectivity index (χ4n) is 4.99. The molecule has 4 heteroatoms. The van der Waals surface area contributed by atoms with Crippen LogP contribution in [0.15, 0.2) is 0 Å². The van der Waals surface area contributed by atoms with E-state index in [4.69, 9.17) is 9.47 Å². The Balaban J connectivity index is 1.87. The monoisotopic (exact) mass is 266 g/mol. The number of hydrogen-bond donors (Lipinski definition) is 0. The van der Waals surface area contributed by atoms with Gasteiger partial charge in [-0.25, -0.2) is 0 Å². The van der Waals surface area contributed by atoms with Crippen molar-refractivity contribution in [3.8, 4) is 0 Å². The van der Waals surface area contributed by atoms with E-state index in [9.17, 15) is 9.59 Å². The van der Waals surface area contributed by atoms with E-state index in [0.717, 1.165) is 19.3 Å². The summed E-state index contributed by atoms with van der Waals surface area (Å²) in [5.74, 6) is 1.21. The van der Waals surface area contributed by atoms with Gasteiger partial charge in [-0.05, 0) is 37.0 Å². The summed E-state index contributed by atoms with van der Waals surface area (Å²) in [7, 11) is 1.46. The largest absolute Gasteiger partial charge is 0.469 e. The van der Waals surface area contributed by atoms with E-state index in [1.165, 1.54) is 7.11 Å². The van der Waals surface area contributed by atoms with E-state index in [1.807, 2.05) is 0 Å². The molecule has 6 atom stereocenters. The van der Waals surface area contributed by atoms with E-state index in [2.05, 4.69) is 13.8 Å². The van der Waals surface area contributed by atoms with Crippen LogP contribution in [0.1, 0.15) is 39.5 Å². The highest BCUT2D eigenvalue weighted by Gasteiger charge is 2.60. The molecule has 0 amide bonds. The summed E-state index contributed by atoms with van der Waals surface area (Å²) in [4.78, 5) is 23.5. The average Bonchev–Trinajstić information content (AvgIpc) is 2.90. The number of methoxy groups -OCH3 is 1. The van der Waals surface area contributed by atoms with Crippen molar-refractivity contribution in [3.05, 3.63) is 0 Å². The van der Waals surface area contributed by atoms with Gasteiger partial charge in [0, 0.05) is 5.41 Å². The second-order valence-electron chi connectivity index (χ2n) is 6.86. The maximum Gasteiger partial charge on any atom is 0.308 e. The minimum Gasteiger partial charge on any atom is -0.469 e. The zero-order valence-electron chi connectivity index (χ0n) is 11.8. The SMILES string of the molecule is COC(=O)[C@@H]1C[C@@H]2C[C@@H](C)[C@@H]3OC(=O)C[C@]3(C)[C@H]2C1. The van der Waals surface area contributed by atoms with Crippen LogP contribution < -0.4 is 0 Å². The van der Waals surface area contributed by atoms with Crippen molar-refractivity contribution in [1.29, 1.82) is 0 Å². The second-order valence-corrected chi connectivity index (χ2v) is 6.86. The van der Waals surface area contributed by atoms with Crippen LogP contribution in [0.2, 0.25) is 0 Å². The van der Waals surface area contributed by atoms with E-state index in [1.54, 1.807) is 0 Å². The predicted molar refractivity (Wildman–Crippen MR) is 68.1 cm³/mol. The van der Waals surface area contributed by atoms with Gasteiger partial charge < -0.3 is 9.47 Å². The average molecular weight is 266 g/mol. The zero-order valence-corrected chi connectivity index (χ0v) is 11.8. The van der Waals surface area contributed by atoms with Crippen molar-refractivity contribution in [3.63, 3.8) is 0 Å². The van der Waals surface area contributed by atoms with Gasteiger partial charge in [0.1, 0.15) is 6.10 Å². The molecule has 0 aromatic heterocycles. The maximum atomic E-state index is 11.8. The number of esters is 2. The van der Waals surface area contributed by atoms with Gasteiger partial charge in [0.05, 0.1) is 19.4 Å². The van der Waals surface area contributed by atoms with Crippen molar-refractivity contribution < 1.29 is 19.1 Å². The van der Waals surface area contributed by atoms with Gasteiger partial charge in [0.2, 0.25) is 0 Å². The van der Waals surface area contributed by atoms with Gasteiger partial charge in [0.25, 0.3) is 0 Å². The molecule has 106 valence electrons. The Morgan fingerprint density at radius 2 is 2.11 bits per heavy atom. The van der Waals surface area contributed by atoms with Crippen LogP contribution >= 0.6 is 0 Å². The lowest BCUT2D eigenvalue weighted by Crippen LogP contribution is -2.46. The highest BCUT2D eigenvalue weighted by molar-refractivity contribution is 5.74. The third-order valence-electron chi connectivity index (χ3n) is 5.70. The summed E-state index contributed by atoms with van der Waals surface area (Å²) in [5.41, 5.74) is -0.0812. The molecular formula is C15H22O4. The third-order valence-corrected chi connectivity index (χ3v) is 5.70. The Morgan fingerprint density at radius 1 is 1.37 bits per heavy atom. The first kappa shape index (κ1) is 12.9. The first-order valence-corrected chi connectivity index (χ1v) is 7.23. The highest BCUT2D eigenvalue weighted by atomic mass is 16.6. The number of rotatable bonds is 1. The summed E-state index contributed by atoms with van der Waals surface area (Å²) in [5, 5.41) is 0. The lowest BCUT2D eigenvalue weighted by Gasteiger charge is -2.46. The number of carbonyl (C=O) groups excluding carboxylic acids is 2. The molecule has 3 fully saturated rings. The molecule has 1 aliphatic heterocycles. The van der Waals surface area contributed by atoms with Gasteiger partial charge in [0.15, 0.2) is 0 Å². The molecule has 2 aliphatic carbocycles. The van der Waals surface area contributed by atoms with Crippen LogP contribution in [0.25, 0.3) is 0 Å². The van der Waals surface area contributed by atoms with Crippen molar-refractivity contribution >= 4 is 11.9 Å². The lowest BCUT2D eigenvalue weighted by molar-refractivity contribution is -0.147. The Bertz CT molecular complexity index is 418. The molecule has 0 unspecified atom stereocenters. The quantitative estimate of drug-likeness (QED) is 0.682. The van der Waals surface area contributed by atoms with E-state index < -0.39 is 0 Å². The highest BCUT2D eigenvalue weighted by Crippen LogP contribution is 2.60. The van der Waals surface area contributed by atoms with Crippen LogP contribution in [0.4, 0.5) is 0 Å². The summed E-state index contributed by atoms with van der Waals surface area (Å²) in [6, 6.07) is 0. The summed E-state index contributed by atoms with van der Waals surface area (Å²) < 4.78 is 10.5. The van der Waals surface area contributed by atoms with Crippen molar-refractivity contribution in [2.45, 2.75) is 45.6 Å². The zero-order chi connectivity index (χ0) is 13.8. The van der Waals surface area contributed by atoms with Gasteiger partial charge in [-0.2, -0.15) is 0 Å². The molecule has 0 aromatic carbocycles. The van der Waals surface area contributed by atoms with E-state index in [-0.39, 0.29) is 29.4 Å². The smallest absolute Gasteiger partial charge is 0.308 e. The summed E-state index contributed by atoms with van der Waals surface area (Å²) in [6.45, 7) is 4.35. The Morgan fingerprint density at radius 3 is 2.79 bits per heavy atom. The number of ether oxygens (including phenoxy) is 2. The van der Waals surface area contributed by atoms with Crippen LogP contribution in [0.5, 0.6) is 0 Å². The van der Waals surface area contributed by atoms with Crippen molar-refractivity contribution in [1.82, 2.24) is 0 Å². The minimum absolute atomic E-state index is 0.0125. The molecule has 1 heterocycles. The van der Waals surface area contributed by atoms with Crippen LogP contribution in [-0.2, 0) is 19.1 Å². The van der Waals surface area contributed by atoms with Gasteiger partial charge in [-0.15, -0.1) is 0 Å². The molecule has 0 bridgehead atoms. The normalized spacial score (nSPS) is 48.4. The van der Waals surface area contributed by atoms with Crippen LogP contribution in [0.3, 0.4) is 0 Å². The van der Waals surface area contributed by atoms with Crippen molar-refractivity contribution in [2.24, 2.45) is 29.1 Å². The number of carbonyl (C=O) groups is 2. The van der Waals surface area contributed by atoms with Crippen molar-refractivity contribution in [2.75, 3.05) is 7.11 Å². The molecule has 4 nitrogen and oxygen atoms in total. The third kappa shape index (κ3) is 1.79. The molecule has 0 spiro atoms.